The Kier molecular flexibility index (Phi) is 2.67. The van der Waals surface area contributed by atoms with Crippen LogP contribution >= 0.6 is 0 Å². The Labute approximate surface area is 63.0 Å². The molecule has 0 spiro atoms. The molecule has 6 nitrogen and oxygen atoms in total. The zero-order valence-electron chi connectivity index (χ0n) is 5.79. The molecule has 1 aliphatic heterocycles. The van der Waals surface area contributed by atoms with E-state index in [-0.39, 0.29) is 13.2 Å². The van der Waals surface area contributed by atoms with Gasteiger partial charge in [0.05, 0.1) is 19.3 Å². The summed E-state index contributed by atoms with van der Waals surface area (Å²) in [5, 5.41) is 21.3. The molecule has 0 bridgehead atoms. The molecule has 0 radical (unpaired) electrons. The molecule has 3 atom stereocenters. The van der Waals surface area contributed by atoms with E-state index in [1.165, 1.54) is 0 Å². The van der Waals surface area contributed by atoms with Crippen molar-refractivity contribution in [3.8, 4) is 0 Å². The number of ether oxygens (including phenoxy) is 1. The number of hydrogen-bond acceptors (Lipinski definition) is 4. The molecule has 0 aromatic rings. The van der Waals surface area contributed by atoms with Crippen LogP contribution in [0.1, 0.15) is 0 Å². The second-order valence-electron chi connectivity index (χ2n) is 2.34. The van der Waals surface area contributed by atoms with Gasteiger partial charge in [0, 0.05) is 4.91 Å². The second kappa shape index (κ2) is 3.54. The molecule has 0 unspecified atom stereocenters. The van der Waals surface area contributed by atoms with Gasteiger partial charge >= 0.3 is 0 Å². The zero-order chi connectivity index (χ0) is 8.27. The minimum atomic E-state index is -0.930. The summed E-state index contributed by atoms with van der Waals surface area (Å²) in [4.78, 5) is 2.51. The quantitative estimate of drug-likeness (QED) is 0.320. The smallest absolute Gasteiger partial charge is 0.108 e. The molecule has 11 heavy (non-hydrogen) atoms. The Balaban J connectivity index is 2.41. The summed E-state index contributed by atoms with van der Waals surface area (Å²) in [6, 6.07) is 0. The van der Waals surface area contributed by atoms with Gasteiger partial charge in [-0.3, -0.25) is 0 Å². The number of aliphatic hydroxyl groups excluding tert-OH is 2. The third-order valence-electron chi connectivity index (χ3n) is 1.58. The van der Waals surface area contributed by atoms with Crippen molar-refractivity contribution in [2.24, 2.45) is 5.11 Å². The molecule has 1 fully saturated rings. The highest BCUT2D eigenvalue weighted by Gasteiger charge is 2.33. The third kappa shape index (κ3) is 1.81. The largest absolute Gasteiger partial charge is 0.388 e. The number of aliphatic hydroxyl groups is 2. The third-order valence-corrected chi connectivity index (χ3v) is 1.58. The van der Waals surface area contributed by atoms with Crippen molar-refractivity contribution in [2.45, 2.75) is 18.3 Å². The molecular weight excluding hydrogens is 150 g/mol. The fourth-order valence-electron chi connectivity index (χ4n) is 0.945. The molecule has 6 heteroatoms. The van der Waals surface area contributed by atoms with Crippen LogP contribution in [0, 0.1) is 0 Å². The molecular formula is C5H9N3O3. The van der Waals surface area contributed by atoms with E-state index in [0.717, 1.165) is 0 Å². The van der Waals surface area contributed by atoms with Gasteiger partial charge in [-0.05, 0) is 5.53 Å². The van der Waals surface area contributed by atoms with Crippen LogP contribution in [0.2, 0.25) is 0 Å². The fourth-order valence-corrected chi connectivity index (χ4v) is 0.945. The van der Waals surface area contributed by atoms with Crippen LogP contribution in [-0.4, -0.2) is 41.7 Å². The number of hydrogen-bond donors (Lipinski definition) is 2. The average Bonchev–Trinajstić information content (AvgIpc) is 2.31. The summed E-state index contributed by atoms with van der Waals surface area (Å²) < 4.78 is 4.91. The van der Waals surface area contributed by atoms with E-state index in [0.29, 0.717) is 0 Å². The SMILES string of the molecule is [N-]=[N+]=NC[C@H]1OC[C@@H](O)[C@H]1O. The van der Waals surface area contributed by atoms with Gasteiger partial charge in [0.15, 0.2) is 0 Å². The lowest BCUT2D eigenvalue weighted by Crippen LogP contribution is -2.31. The molecule has 0 aliphatic carbocycles. The molecule has 1 saturated heterocycles. The molecule has 0 aromatic carbocycles. The van der Waals surface area contributed by atoms with E-state index in [1.54, 1.807) is 0 Å². The summed E-state index contributed by atoms with van der Waals surface area (Å²) >= 11 is 0. The van der Waals surface area contributed by atoms with Crippen molar-refractivity contribution in [2.75, 3.05) is 13.2 Å². The average molecular weight is 159 g/mol. The van der Waals surface area contributed by atoms with Crippen molar-refractivity contribution in [1.29, 1.82) is 0 Å². The van der Waals surface area contributed by atoms with Gasteiger partial charge in [0.25, 0.3) is 0 Å². The molecule has 0 amide bonds. The summed E-state index contributed by atoms with van der Waals surface area (Å²) in [7, 11) is 0. The van der Waals surface area contributed by atoms with Gasteiger partial charge in [0.1, 0.15) is 12.2 Å². The lowest BCUT2D eigenvalue weighted by molar-refractivity contribution is 0.0276. The molecule has 2 N–H and O–H groups in total. The van der Waals surface area contributed by atoms with Gasteiger partial charge in [-0.25, -0.2) is 0 Å². The normalized spacial score (nSPS) is 36.7. The monoisotopic (exact) mass is 159 g/mol. The maximum Gasteiger partial charge on any atom is 0.108 e. The minimum absolute atomic E-state index is 0.0642. The fraction of sp³-hybridized carbons (Fsp3) is 1.00. The molecule has 0 saturated carbocycles. The number of rotatable bonds is 2. The van der Waals surface area contributed by atoms with Crippen molar-refractivity contribution in [1.82, 2.24) is 0 Å². The highest BCUT2D eigenvalue weighted by atomic mass is 16.5. The highest BCUT2D eigenvalue weighted by molar-refractivity contribution is 4.84. The van der Waals surface area contributed by atoms with Crippen molar-refractivity contribution < 1.29 is 14.9 Å². The van der Waals surface area contributed by atoms with E-state index < -0.39 is 18.3 Å². The minimum Gasteiger partial charge on any atom is -0.388 e. The van der Waals surface area contributed by atoms with Gasteiger partial charge < -0.3 is 14.9 Å². The van der Waals surface area contributed by atoms with Crippen molar-refractivity contribution in [3.05, 3.63) is 10.4 Å². The summed E-state index contributed by atoms with van der Waals surface area (Å²) in [6.45, 7) is 0.168. The highest BCUT2D eigenvalue weighted by Crippen LogP contribution is 2.14. The first-order valence-corrected chi connectivity index (χ1v) is 3.24. The first kappa shape index (κ1) is 8.29. The molecule has 1 aliphatic rings. The summed E-state index contributed by atoms with van der Waals surface area (Å²) in [5.41, 5.74) is 7.94. The van der Waals surface area contributed by atoms with Crippen LogP contribution < -0.4 is 0 Å². The van der Waals surface area contributed by atoms with Gasteiger partial charge in [-0.15, -0.1) is 0 Å². The topological polar surface area (TPSA) is 98.5 Å². The standard InChI is InChI=1S/C5H9N3O3/c6-8-7-1-4-5(10)3(9)2-11-4/h3-5,9-10H,1-2H2/t3-,4-,5-/m1/s1. The predicted molar refractivity (Wildman–Crippen MR) is 35.8 cm³/mol. The van der Waals surface area contributed by atoms with Crippen molar-refractivity contribution in [3.63, 3.8) is 0 Å². The van der Waals surface area contributed by atoms with E-state index in [1.807, 2.05) is 0 Å². The maximum atomic E-state index is 9.13. The number of nitrogens with zero attached hydrogens (tertiary/aromatic N) is 3. The maximum absolute atomic E-state index is 9.13. The van der Waals surface area contributed by atoms with E-state index in [2.05, 4.69) is 10.0 Å². The second-order valence-corrected chi connectivity index (χ2v) is 2.34. The van der Waals surface area contributed by atoms with E-state index >= 15 is 0 Å². The van der Waals surface area contributed by atoms with Crippen LogP contribution in [0.15, 0.2) is 5.11 Å². The first-order valence-electron chi connectivity index (χ1n) is 3.24. The summed E-state index contributed by atoms with van der Waals surface area (Å²) in [5.74, 6) is 0. The van der Waals surface area contributed by atoms with Crippen LogP contribution in [-0.2, 0) is 4.74 Å². The molecule has 0 aromatic heterocycles. The van der Waals surface area contributed by atoms with E-state index in [9.17, 15) is 0 Å². The van der Waals surface area contributed by atoms with Crippen LogP contribution in [0.5, 0.6) is 0 Å². The predicted octanol–water partition coefficient (Wildman–Crippen LogP) is -0.583. The lowest BCUT2D eigenvalue weighted by atomic mass is 10.1. The Bertz CT molecular complexity index is 180. The lowest BCUT2D eigenvalue weighted by Gasteiger charge is -2.10. The Morgan fingerprint density at radius 2 is 2.36 bits per heavy atom. The Morgan fingerprint density at radius 3 is 2.82 bits per heavy atom. The molecule has 62 valence electrons. The summed E-state index contributed by atoms with van der Waals surface area (Å²) in [6.07, 6.45) is -2.34. The van der Waals surface area contributed by atoms with Crippen molar-refractivity contribution >= 4 is 0 Å². The van der Waals surface area contributed by atoms with E-state index in [4.69, 9.17) is 20.5 Å². The number of azide groups is 1. The molecule has 1 rings (SSSR count). The Morgan fingerprint density at radius 1 is 1.64 bits per heavy atom. The van der Waals surface area contributed by atoms with Gasteiger partial charge in [-0.2, -0.15) is 0 Å². The van der Waals surface area contributed by atoms with Crippen LogP contribution in [0.3, 0.4) is 0 Å². The van der Waals surface area contributed by atoms with Crippen LogP contribution in [0.25, 0.3) is 10.4 Å². The molecule has 1 heterocycles. The Hall–Kier alpha value is -0.810. The first-order chi connectivity index (χ1) is 5.25. The van der Waals surface area contributed by atoms with Crippen LogP contribution in [0.4, 0.5) is 0 Å². The van der Waals surface area contributed by atoms with Gasteiger partial charge in [-0.1, -0.05) is 5.11 Å². The zero-order valence-corrected chi connectivity index (χ0v) is 5.79. The van der Waals surface area contributed by atoms with Gasteiger partial charge in [0.2, 0.25) is 0 Å².